The summed E-state index contributed by atoms with van der Waals surface area (Å²) in [4.78, 5) is 23.8. The Hall–Kier alpha value is -2.04. The average molecular weight is 365 g/mol. The molecule has 126 valence electrons. The monoisotopic (exact) mass is 364 g/mol. The molecule has 0 aliphatic carbocycles. The van der Waals surface area contributed by atoms with Crippen LogP contribution in [0.25, 0.3) is 0 Å². The smallest absolute Gasteiger partial charge is 0.251 e. The van der Waals surface area contributed by atoms with E-state index in [9.17, 15) is 9.59 Å². The Balaban J connectivity index is 1.71. The van der Waals surface area contributed by atoms with Crippen LogP contribution in [0.5, 0.6) is 0 Å². The van der Waals surface area contributed by atoms with Gasteiger partial charge < -0.3 is 10.6 Å². The second-order valence-electron chi connectivity index (χ2n) is 5.38. The van der Waals surface area contributed by atoms with Crippen molar-refractivity contribution in [3.8, 4) is 0 Å². The molecule has 6 heteroatoms. The molecule has 2 aromatic carbocycles. The van der Waals surface area contributed by atoms with Gasteiger partial charge in [-0.3, -0.25) is 9.59 Å². The van der Waals surface area contributed by atoms with Crippen molar-refractivity contribution in [3.05, 3.63) is 63.6 Å². The van der Waals surface area contributed by atoms with Gasteiger partial charge in [-0.25, -0.2) is 0 Å². The first-order chi connectivity index (χ1) is 11.5. The van der Waals surface area contributed by atoms with Crippen LogP contribution in [0, 0.1) is 6.92 Å². The maximum Gasteiger partial charge on any atom is 0.251 e. The lowest BCUT2D eigenvalue weighted by atomic mass is 10.2. The van der Waals surface area contributed by atoms with Gasteiger partial charge >= 0.3 is 0 Å². The number of amides is 2. The van der Waals surface area contributed by atoms with Crippen molar-refractivity contribution in [2.45, 2.75) is 19.8 Å². The van der Waals surface area contributed by atoms with E-state index >= 15 is 0 Å². The molecule has 2 rings (SSSR count). The molecule has 0 fully saturated rings. The molecule has 2 amide bonds. The Bertz CT molecular complexity index is 730. The van der Waals surface area contributed by atoms with Crippen molar-refractivity contribution in [1.82, 2.24) is 5.32 Å². The Labute approximate surface area is 151 Å². The van der Waals surface area contributed by atoms with Gasteiger partial charge in [-0.2, -0.15) is 0 Å². The fraction of sp³-hybridized carbons (Fsp3) is 0.222. The standard InChI is InChI=1S/C18H18Cl2N2O2/c1-12-4-9-15(11-16(12)20)22-17(23)3-2-10-21-18(24)13-5-7-14(19)8-6-13/h4-9,11H,2-3,10H2,1H3,(H,21,24)(H,22,23). The van der Waals surface area contributed by atoms with Crippen LogP contribution in [-0.2, 0) is 4.79 Å². The van der Waals surface area contributed by atoms with E-state index in [2.05, 4.69) is 10.6 Å². The molecule has 0 aliphatic rings. The van der Waals surface area contributed by atoms with Gasteiger partial charge in [-0.05, 0) is 55.3 Å². The number of halogens is 2. The minimum absolute atomic E-state index is 0.115. The quantitative estimate of drug-likeness (QED) is 0.743. The molecule has 4 nitrogen and oxygen atoms in total. The highest BCUT2D eigenvalue weighted by atomic mass is 35.5. The largest absolute Gasteiger partial charge is 0.352 e. The molecule has 0 radical (unpaired) electrons. The Morgan fingerprint density at radius 2 is 1.75 bits per heavy atom. The molecular formula is C18H18Cl2N2O2. The van der Waals surface area contributed by atoms with E-state index in [1.54, 1.807) is 36.4 Å². The number of hydrogen-bond acceptors (Lipinski definition) is 2. The predicted molar refractivity (Wildman–Crippen MR) is 97.8 cm³/mol. The summed E-state index contributed by atoms with van der Waals surface area (Å²) in [6.45, 7) is 2.32. The molecule has 0 atom stereocenters. The SMILES string of the molecule is Cc1ccc(NC(=O)CCCNC(=O)c2ccc(Cl)cc2)cc1Cl. The van der Waals surface area contributed by atoms with E-state index in [1.807, 2.05) is 13.0 Å². The molecule has 0 saturated heterocycles. The summed E-state index contributed by atoms with van der Waals surface area (Å²) >= 11 is 11.8. The first-order valence-electron chi connectivity index (χ1n) is 7.55. The molecule has 0 aliphatic heterocycles. The third-order valence-corrected chi connectivity index (χ3v) is 4.09. The first-order valence-corrected chi connectivity index (χ1v) is 8.31. The van der Waals surface area contributed by atoms with Crippen molar-refractivity contribution in [1.29, 1.82) is 0 Å². The molecule has 0 saturated carbocycles. The summed E-state index contributed by atoms with van der Waals surface area (Å²) in [5.41, 5.74) is 2.17. The molecular weight excluding hydrogens is 347 g/mol. The van der Waals surface area contributed by atoms with E-state index in [0.29, 0.717) is 40.7 Å². The van der Waals surface area contributed by atoms with Crippen LogP contribution in [0.3, 0.4) is 0 Å². The van der Waals surface area contributed by atoms with Crippen molar-refractivity contribution in [2.75, 3.05) is 11.9 Å². The fourth-order valence-electron chi connectivity index (χ4n) is 2.05. The Kier molecular flexibility index (Phi) is 6.64. The van der Waals surface area contributed by atoms with Crippen LogP contribution in [0.15, 0.2) is 42.5 Å². The maximum absolute atomic E-state index is 11.9. The Morgan fingerprint density at radius 3 is 2.42 bits per heavy atom. The number of rotatable bonds is 6. The number of carbonyl (C=O) groups is 2. The van der Waals surface area contributed by atoms with E-state index < -0.39 is 0 Å². The first kappa shape index (κ1) is 18.3. The third kappa shape index (κ3) is 5.55. The third-order valence-electron chi connectivity index (χ3n) is 3.43. The molecule has 0 aromatic heterocycles. The minimum atomic E-state index is -0.183. The topological polar surface area (TPSA) is 58.2 Å². The highest BCUT2D eigenvalue weighted by Crippen LogP contribution is 2.20. The lowest BCUT2D eigenvalue weighted by molar-refractivity contribution is -0.116. The second-order valence-corrected chi connectivity index (χ2v) is 6.22. The molecule has 24 heavy (non-hydrogen) atoms. The Morgan fingerprint density at radius 1 is 1.04 bits per heavy atom. The lowest BCUT2D eigenvalue weighted by Gasteiger charge is -2.08. The number of nitrogens with one attached hydrogen (secondary N) is 2. The molecule has 0 unspecified atom stereocenters. The summed E-state index contributed by atoms with van der Waals surface area (Å²) in [6, 6.07) is 12.0. The number of aryl methyl sites for hydroxylation is 1. The van der Waals surface area contributed by atoms with Crippen molar-refractivity contribution in [3.63, 3.8) is 0 Å². The zero-order valence-corrected chi connectivity index (χ0v) is 14.7. The van der Waals surface area contributed by atoms with Crippen molar-refractivity contribution < 1.29 is 9.59 Å². The van der Waals surface area contributed by atoms with Gasteiger partial charge in [0.2, 0.25) is 5.91 Å². The van der Waals surface area contributed by atoms with Gasteiger partial charge in [-0.1, -0.05) is 29.3 Å². The highest BCUT2D eigenvalue weighted by Gasteiger charge is 2.06. The zero-order valence-electron chi connectivity index (χ0n) is 13.2. The van der Waals surface area contributed by atoms with Gasteiger partial charge in [0.05, 0.1) is 0 Å². The second kappa shape index (κ2) is 8.71. The van der Waals surface area contributed by atoms with Gasteiger partial charge in [0.15, 0.2) is 0 Å². The van der Waals surface area contributed by atoms with Crippen molar-refractivity contribution >= 4 is 40.7 Å². The highest BCUT2D eigenvalue weighted by molar-refractivity contribution is 6.31. The average Bonchev–Trinajstić information content (AvgIpc) is 2.55. The van der Waals surface area contributed by atoms with Crippen LogP contribution >= 0.6 is 23.2 Å². The van der Waals surface area contributed by atoms with E-state index in [0.717, 1.165) is 5.56 Å². The van der Waals surface area contributed by atoms with Crippen LogP contribution in [-0.4, -0.2) is 18.4 Å². The summed E-state index contributed by atoms with van der Waals surface area (Å²) in [7, 11) is 0. The number of benzene rings is 2. The van der Waals surface area contributed by atoms with E-state index in [-0.39, 0.29) is 11.8 Å². The summed E-state index contributed by atoms with van der Waals surface area (Å²) < 4.78 is 0. The lowest BCUT2D eigenvalue weighted by Crippen LogP contribution is -2.25. The zero-order chi connectivity index (χ0) is 17.5. The predicted octanol–water partition coefficient (Wildman–Crippen LogP) is 4.45. The summed E-state index contributed by atoms with van der Waals surface area (Å²) in [5, 5.41) is 6.75. The molecule has 2 N–H and O–H groups in total. The van der Waals surface area contributed by atoms with E-state index in [4.69, 9.17) is 23.2 Å². The minimum Gasteiger partial charge on any atom is -0.352 e. The van der Waals surface area contributed by atoms with Crippen molar-refractivity contribution in [2.24, 2.45) is 0 Å². The van der Waals surface area contributed by atoms with Crippen LogP contribution in [0.1, 0.15) is 28.8 Å². The van der Waals surface area contributed by atoms with Gasteiger partial charge in [0, 0.05) is 34.3 Å². The van der Waals surface area contributed by atoms with Gasteiger partial charge in [0.25, 0.3) is 5.91 Å². The fourth-order valence-corrected chi connectivity index (χ4v) is 2.35. The summed E-state index contributed by atoms with van der Waals surface area (Å²) in [6.07, 6.45) is 0.858. The maximum atomic E-state index is 11.9. The van der Waals surface area contributed by atoms with E-state index in [1.165, 1.54) is 0 Å². The van der Waals surface area contributed by atoms with Gasteiger partial charge in [-0.15, -0.1) is 0 Å². The van der Waals surface area contributed by atoms with Crippen LogP contribution in [0.2, 0.25) is 10.0 Å². The number of hydrogen-bond donors (Lipinski definition) is 2. The van der Waals surface area contributed by atoms with Crippen LogP contribution in [0.4, 0.5) is 5.69 Å². The van der Waals surface area contributed by atoms with Crippen LogP contribution < -0.4 is 10.6 Å². The van der Waals surface area contributed by atoms with Gasteiger partial charge in [0.1, 0.15) is 0 Å². The summed E-state index contributed by atoms with van der Waals surface area (Å²) in [5.74, 6) is -0.298. The molecule has 0 bridgehead atoms. The molecule has 0 spiro atoms. The number of anilines is 1. The number of carbonyl (C=O) groups excluding carboxylic acids is 2. The normalized spacial score (nSPS) is 10.3. The molecule has 0 heterocycles. The molecule has 2 aromatic rings.